The number of carbonyl (C=O) groups is 2. The zero-order chi connectivity index (χ0) is 31.7. The molecule has 2 aliphatic rings. The van der Waals surface area contributed by atoms with E-state index >= 15 is 0 Å². The van der Waals surface area contributed by atoms with Gasteiger partial charge in [-0.25, -0.2) is 0 Å². The Morgan fingerprint density at radius 3 is 1.49 bits per heavy atom. The van der Waals surface area contributed by atoms with Gasteiger partial charge in [-0.15, -0.1) is 0 Å². The fourth-order valence-corrected chi connectivity index (χ4v) is 7.17. The van der Waals surface area contributed by atoms with E-state index in [9.17, 15) is 9.59 Å². The summed E-state index contributed by atoms with van der Waals surface area (Å²) in [5.41, 5.74) is 1.56. The predicted octanol–water partition coefficient (Wildman–Crippen LogP) is 7.81. The number of ether oxygens (including phenoxy) is 4. The van der Waals surface area contributed by atoms with E-state index in [1.54, 1.807) is 26.4 Å². The Bertz CT molecular complexity index is 1470. The van der Waals surface area contributed by atoms with Crippen LogP contribution >= 0.6 is 21.0 Å². The number of methoxy groups -OCH3 is 2. The second-order valence-corrected chi connectivity index (χ2v) is 13.8. The summed E-state index contributed by atoms with van der Waals surface area (Å²) in [4.78, 5) is 25.0. The van der Waals surface area contributed by atoms with Crippen LogP contribution in [0.4, 0.5) is 0 Å². The molecular formula is C37H40O6S2. The summed E-state index contributed by atoms with van der Waals surface area (Å²) in [5.74, 6) is 4.04. The highest BCUT2D eigenvalue weighted by Crippen LogP contribution is 2.30. The van der Waals surface area contributed by atoms with Gasteiger partial charge in [-0.3, -0.25) is 9.59 Å². The first-order valence-corrected chi connectivity index (χ1v) is 17.9. The van der Waals surface area contributed by atoms with Crippen molar-refractivity contribution in [1.82, 2.24) is 0 Å². The van der Waals surface area contributed by atoms with E-state index in [0.29, 0.717) is 36.2 Å². The maximum Gasteiger partial charge on any atom is 0.163 e. The molecule has 0 aromatic heterocycles. The highest BCUT2D eigenvalue weighted by atomic mass is 32.2. The van der Waals surface area contributed by atoms with Gasteiger partial charge in [0.25, 0.3) is 0 Å². The Morgan fingerprint density at radius 1 is 0.622 bits per heavy atom. The molecule has 2 aromatic rings. The van der Waals surface area contributed by atoms with Crippen molar-refractivity contribution >= 4 is 55.4 Å². The molecule has 0 spiro atoms. The molecule has 45 heavy (non-hydrogen) atoms. The van der Waals surface area contributed by atoms with Crippen LogP contribution in [-0.4, -0.2) is 61.2 Å². The lowest BCUT2D eigenvalue weighted by Crippen LogP contribution is -2.02. The third-order valence-electron chi connectivity index (χ3n) is 6.67. The van der Waals surface area contributed by atoms with E-state index in [-0.39, 0.29) is 39.0 Å². The summed E-state index contributed by atoms with van der Waals surface area (Å²) in [7, 11) is 3.52. The van der Waals surface area contributed by atoms with Crippen molar-refractivity contribution in [2.24, 2.45) is 0 Å². The Morgan fingerprint density at radius 2 is 1.09 bits per heavy atom. The monoisotopic (exact) mass is 644 g/mol. The molecule has 0 amide bonds. The normalized spacial score (nSPS) is 16.8. The van der Waals surface area contributed by atoms with Crippen molar-refractivity contribution in [1.29, 1.82) is 0 Å². The predicted molar refractivity (Wildman–Crippen MR) is 193 cm³/mol. The average molecular weight is 645 g/mol. The summed E-state index contributed by atoms with van der Waals surface area (Å²) < 4.78 is 22.9. The van der Waals surface area contributed by atoms with Crippen LogP contribution in [-0.2, 0) is 9.59 Å². The van der Waals surface area contributed by atoms with Gasteiger partial charge in [0.15, 0.2) is 34.6 Å². The van der Waals surface area contributed by atoms with Gasteiger partial charge in [0.1, 0.15) is 0 Å². The van der Waals surface area contributed by atoms with Crippen LogP contribution in [0.15, 0.2) is 95.8 Å². The Labute approximate surface area is 271 Å². The summed E-state index contributed by atoms with van der Waals surface area (Å²) in [6, 6.07) is 11.0. The van der Waals surface area contributed by atoms with Gasteiger partial charge < -0.3 is 18.9 Å². The third-order valence-corrected chi connectivity index (χ3v) is 10.2. The lowest BCUT2D eigenvalue weighted by Gasteiger charge is -2.12. The van der Waals surface area contributed by atoms with Crippen LogP contribution in [0.5, 0.6) is 23.0 Å². The molecule has 2 atom stereocenters. The zero-order valence-corrected chi connectivity index (χ0v) is 27.4. The first-order chi connectivity index (χ1) is 22.0. The molecule has 2 aromatic carbocycles. The molecule has 2 aliphatic heterocycles. The molecule has 0 fully saturated rings. The Hall–Kier alpha value is -4.14. The lowest BCUT2D eigenvalue weighted by molar-refractivity contribution is -0.121. The molecule has 6 nitrogen and oxygen atoms in total. The van der Waals surface area contributed by atoms with Crippen molar-refractivity contribution < 1.29 is 28.5 Å². The van der Waals surface area contributed by atoms with Crippen LogP contribution in [0.3, 0.4) is 0 Å². The van der Waals surface area contributed by atoms with Crippen LogP contribution in [0, 0.1) is 0 Å². The van der Waals surface area contributed by atoms with Gasteiger partial charge in [-0.05, 0) is 93.4 Å². The lowest BCUT2D eigenvalue weighted by atomic mass is 10.1. The molecular weight excluding hydrogens is 605 g/mol. The second kappa shape index (κ2) is 18.6. The van der Waals surface area contributed by atoms with Gasteiger partial charge in [-0.1, -0.05) is 60.7 Å². The molecule has 0 bridgehead atoms. The van der Waals surface area contributed by atoms with E-state index in [2.05, 4.69) is 45.9 Å². The largest absolute Gasteiger partial charge is 0.493 e. The van der Waals surface area contributed by atoms with E-state index in [1.807, 2.05) is 48.6 Å². The van der Waals surface area contributed by atoms with E-state index < -0.39 is 0 Å². The van der Waals surface area contributed by atoms with E-state index in [1.165, 1.54) is 12.2 Å². The van der Waals surface area contributed by atoms with Gasteiger partial charge in [-0.2, -0.15) is 21.0 Å². The molecule has 236 valence electrons. The van der Waals surface area contributed by atoms with Crippen molar-refractivity contribution in [2.75, 3.05) is 38.9 Å². The van der Waals surface area contributed by atoms with Crippen LogP contribution in [0.1, 0.15) is 30.4 Å². The maximum atomic E-state index is 12.5. The standard InChI is InChI=1S/C37H40O6S2/c1-40-36-27-30(13-17-34(36)42-19-9-25-44-21-5-3-6-22-44)11-15-32(38)29-33(39)16-12-31-14-18-35(37(28-31)41-2)43-20-10-26-45-23-7-4-8-24-45/h3-8,11-18,21-24,27-28H,9-10,19-20,25-26,29H2,1-2H3/b15-11+,16-12+. The second-order valence-electron chi connectivity index (χ2n) is 10.0. The molecule has 0 radical (unpaired) electrons. The summed E-state index contributed by atoms with van der Waals surface area (Å²) in [6.45, 7) is 1.19. The molecule has 2 unspecified atom stereocenters. The van der Waals surface area contributed by atoms with Crippen LogP contribution in [0.25, 0.3) is 12.2 Å². The number of allylic oxidation sites excluding steroid dienone is 8. The van der Waals surface area contributed by atoms with Gasteiger partial charge in [0.2, 0.25) is 0 Å². The molecule has 0 saturated carbocycles. The highest BCUT2D eigenvalue weighted by molar-refractivity contribution is 8.18. The topological polar surface area (TPSA) is 71.1 Å². The molecule has 8 heteroatoms. The van der Waals surface area contributed by atoms with Crippen LogP contribution < -0.4 is 18.9 Å². The quantitative estimate of drug-likeness (QED) is 0.0714. The molecule has 0 N–H and O–H groups in total. The minimum absolute atomic E-state index is 0.173. The maximum absolute atomic E-state index is 12.5. The number of hydrogen-bond donors (Lipinski definition) is 0. The molecule has 4 rings (SSSR count). The summed E-state index contributed by atoms with van der Waals surface area (Å²) in [5, 5.41) is 8.87. The zero-order valence-electron chi connectivity index (χ0n) is 25.8. The summed E-state index contributed by atoms with van der Waals surface area (Å²) in [6.07, 6.45) is 20.2. The van der Waals surface area contributed by atoms with Crippen molar-refractivity contribution in [3.63, 3.8) is 0 Å². The molecule has 2 heterocycles. The number of benzene rings is 2. The van der Waals surface area contributed by atoms with E-state index in [0.717, 1.165) is 35.5 Å². The SMILES string of the molecule is COc1cc(/C=C/C(=O)CC(=O)/C=C/c2ccc(OCCCS3=CC=CC=C3)c(OC)c2)ccc1OCCCS1=CC=CC=C1. The smallest absolute Gasteiger partial charge is 0.163 e. The fourth-order valence-electron chi connectivity index (χ4n) is 4.37. The third kappa shape index (κ3) is 11.7. The van der Waals surface area contributed by atoms with Crippen molar-refractivity contribution in [2.45, 2.75) is 19.3 Å². The first-order valence-electron chi connectivity index (χ1n) is 14.8. The summed E-state index contributed by atoms with van der Waals surface area (Å²) >= 11 is 0. The minimum Gasteiger partial charge on any atom is -0.493 e. The van der Waals surface area contributed by atoms with Gasteiger partial charge in [0.05, 0.1) is 33.9 Å². The number of carbonyl (C=O) groups excluding carboxylic acids is 2. The van der Waals surface area contributed by atoms with E-state index in [4.69, 9.17) is 18.9 Å². The van der Waals surface area contributed by atoms with Crippen molar-refractivity contribution in [3.05, 3.63) is 107 Å². The number of rotatable bonds is 18. The number of ketones is 2. The van der Waals surface area contributed by atoms with Gasteiger partial charge >= 0.3 is 0 Å². The molecule has 0 saturated heterocycles. The Kier molecular flexibility index (Phi) is 14.0. The number of hydrogen-bond acceptors (Lipinski definition) is 6. The Balaban J connectivity index is 1.22. The minimum atomic E-state index is -0.285. The fraction of sp³-hybridized carbons (Fsp3) is 0.243. The van der Waals surface area contributed by atoms with Gasteiger partial charge in [0, 0.05) is 0 Å². The molecule has 0 aliphatic carbocycles. The van der Waals surface area contributed by atoms with Crippen LogP contribution in [0.2, 0.25) is 0 Å². The van der Waals surface area contributed by atoms with Crippen molar-refractivity contribution in [3.8, 4) is 23.0 Å². The first kappa shape index (κ1) is 33.7. The highest BCUT2D eigenvalue weighted by Gasteiger charge is 2.09. The average Bonchev–Trinajstić information content (AvgIpc) is 3.08.